The van der Waals surface area contributed by atoms with Gasteiger partial charge in [-0.1, -0.05) is 0 Å². The second-order valence-electron chi connectivity index (χ2n) is 3.92. The Morgan fingerprint density at radius 1 is 1.46 bits per heavy atom. The highest BCUT2D eigenvalue weighted by Gasteiger charge is 2.19. The summed E-state index contributed by atoms with van der Waals surface area (Å²) in [4.78, 5) is 10.9. The first-order valence-corrected chi connectivity index (χ1v) is 4.58. The fraction of sp³-hybridized carbons (Fsp3) is 0.889. The molecule has 4 nitrogen and oxygen atoms in total. The van der Waals surface area contributed by atoms with Gasteiger partial charge in [-0.3, -0.25) is 4.79 Å². The van der Waals surface area contributed by atoms with Crippen LogP contribution in [0.2, 0.25) is 0 Å². The standard InChI is InChI=1S/C9H21N3O/c1-9(2,12-4)6-5-7(11-3)8(10)13/h7,11-12H,5-6H2,1-4H3,(H2,10,13). The highest BCUT2D eigenvalue weighted by molar-refractivity contribution is 5.79. The van der Waals surface area contributed by atoms with Crippen molar-refractivity contribution in [1.82, 2.24) is 10.6 Å². The molecule has 0 heterocycles. The molecule has 1 amide bonds. The topological polar surface area (TPSA) is 67.2 Å². The predicted octanol–water partition coefficient (Wildman–Crippen LogP) is -0.162. The van der Waals surface area contributed by atoms with Gasteiger partial charge in [0.15, 0.2) is 0 Å². The van der Waals surface area contributed by atoms with Crippen molar-refractivity contribution < 1.29 is 4.79 Å². The van der Waals surface area contributed by atoms with Crippen molar-refractivity contribution in [3.8, 4) is 0 Å². The molecule has 0 aliphatic heterocycles. The van der Waals surface area contributed by atoms with Crippen molar-refractivity contribution in [3.63, 3.8) is 0 Å². The molecule has 4 heteroatoms. The Hall–Kier alpha value is -0.610. The van der Waals surface area contributed by atoms with E-state index >= 15 is 0 Å². The second-order valence-corrected chi connectivity index (χ2v) is 3.92. The smallest absolute Gasteiger partial charge is 0.234 e. The minimum Gasteiger partial charge on any atom is -0.368 e. The SMILES string of the molecule is CNC(CCC(C)(C)NC)C(N)=O. The zero-order valence-electron chi connectivity index (χ0n) is 8.98. The number of nitrogens with one attached hydrogen (secondary N) is 2. The van der Waals surface area contributed by atoms with Crippen LogP contribution in [0.1, 0.15) is 26.7 Å². The van der Waals surface area contributed by atoms with E-state index in [1.165, 1.54) is 0 Å². The molecular formula is C9H21N3O. The number of amides is 1. The van der Waals surface area contributed by atoms with Crippen molar-refractivity contribution in [2.45, 2.75) is 38.3 Å². The molecule has 0 saturated heterocycles. The molecule has 0 spiro atoms. The maximum Gasteiger partial charge on any atom is 0.234 e. The Morgan fingerprint density at radius 2 is 2.00 bits per heavy atom. The van der Waals surface area contributed by atoms with E-state index in [2.05, 4.69) is 24.5 Å². The van der Waals surface area contributed by atoms with Gasteiger partial charge in [0.2, 0.25) is 5.91 Å². The quantitative estimate of drug-likeness (QED) is 0.541. The van der Waals surface area contributed by atoms with Gasteiger partial charge in [0.25, 0.3) is 0 Å². The zero-order chi connectivity index (χ0) is 10.5. The zero-order valence-corrected chi connectivity index (χ0v) is 8.98. The van der Waals surface area contributed by atoms with Crippen LogP contribution in [-0.2, 0) is 4.79 Å². The van der Waals surface area contributed by atoms with Crippen LogP contribution in [-0.4, -0.2) is 31.6 Å². The van der Waals surface area contributed by atoms with Crippen LogP contribution in [0.25, 0.3) is 0 Å². The van der Waals surface area contributed by atoms with Crippen LogP contribution in [0, 0.1) is 0 Å². The van der Waals surface area contributed by atoms with Crippen LogP contribution < -0.4 is 16.4 Å². The number of carbonyl (C=O) groups is 1. The maximum atomic E-state index is 10.9. The van der Waals surface area contributed by atoms with Crippen LogP contribution in [0.15, 0.2) is 0 Å². The minimum atomic E-state index is -0.283. The van der Waals surface area contributed by atoms with E-state index < -0.39 is 0 Å². The Morgan fingerprint density at radius 3 is 2.31 bits per heavy atom. The highest BCUT2D eigenvalue weighted by Crippen LogP contribution is 2.11. The molecular weight excluding hydrogens is 166 g/mol. The van der Waals surface area contributed by atoms with Gasteiger partial charge in [0.05, 0.1) is 6.04 Å². The van der Waals surface area contributed by atoms with E-state index in [0.717, 1.165) is 12.8 Å². The summed E-state index contributed by atoms with van der Waals surface area (Å²) in [7, 11) is 3.67. The van der Waals surface area contributed by atoms with Crippen molar-refractivity contribution in [3.05, 3.63) is 0 Å². The van der Waals surface area contributed by atoms with Crippen LogP contribution >= 0.6 is 0 Å². The molecule has 1 atom stereocenters. The van der Waals surface area contributed by atoms with Crippen LogP contribution in [0.5, 0.6) is 0 Å². The summed E-state index contributed by atoms with van der Waals surface area (Å²) in [6.45, 7) is 4.20. The Kier molecular flexibility index (Phi) is 4.95. The predicted molar refractivity (Wildman–Crippen MR) is 54.4 cm³/mol. The molecule has 13 heavy (non-hydrogen) atoms. The van der Waals surface area contributed by atoms with Gasteiger partial charge in [-0.15, -0.1) is 0 Å². The van der Waals surface area contributed by atoms with E-state index in [9.17, 15) is 4.79 Å². The maximum absolute atomic E-state index is 10.9. The number of primary amides is 1. The number of hydrogen-bond donors (Lipinski definition) is 3. The lowest BCUT2D eigenvalue weighted by molar-refractivity contribution is -0.120. The van der Waals surface area contributed by atoms with Crippen molar-refractivity contribution in [2.24, 2.45) is 5.73 Å². The largest absolute Gasteiger partial charge is 0.368 e. The highest BCUT2D eigenvalue weighted by atomic mass is 16.1. The molecule has 0 radical (unpaired) electrons. The third-order valence-corrected chi connectivity index (χ3v) is 2.43. The monoisotopic (exact) mass is 187 g/mol. The number of hydrogen-bond acceptors (Lipinski definition) is 3. The first-order valence-electron chi connectivity index (χ1n) is 4.58. The summed E-state index contributed by atoms with van der Waals surface area (Å²) >= 11 is 0. The van der Waals surface area contributed by atoms with Gasteiger partial charge in [-0.25, -0.2) is 0 Å². The normalized spacial score (nSPS) is 14.2. The van der Waals surface area contributed by atoms with E-state index in [1.54, 1.807) is 7.05 Å². The molecule has 0 saturated carbocycles. The van der Waals surface area contributed by atoms with Crippen molar-refractivity contribution in [2.75, 3.05) is 14.1 Å². The summed E-state index contributed by atoms with van der Waals surface area (Å²) < 4.78 is 0. The lowest BCUT2D eigenvalue weighted by Crippen LogP contribution is -2.43. The fourth-order valence-corrected chi connectivity index (χ4v) is 1.06. The van der Waals surface area contributed by atoms with Crippen LogP contribution in [0.3, 0.4) is 0 Å². The third-order valence-electron chi connectivity index (χ3n) is 2.43. The number of rotatable bonds is 6. The van der Waals surface area contributed by atoms with Gasteiger partial charge in [0, 0.05) is 5.54 Å². The molecule has 4 N–H and O–H groups in total. The number of likely N-dealkylation sites (N-methyl/N-ethyl adjacent to an activating group) is 1. The van der Waals surface area contributed by atoms with Crippen LogP contribution in [0.4, 0.5) is 0 Å². The first kappa shape index (κ1) is 12.4. The van der Waals surface area contributed by atoms with E-state index in [1.807, 2.05) is 7.05 Å². The Bertz CT molecular complexity index is 168. The molecule has 0 rings (SSSR count). The summed E-state index contributed by atoms with van der Waals surface area (Å²) in [5, 5.41) is 6.08. The van der Waals surface area contributed by atoms with Gasteiger partial charge in [-0.2, -0.15) is 0 Å². The minimum absolute atomic E-state index is 0.0601. The summed E-state index contributed by atoms with van der Waals surface area (Å²) in [5.74, 6) is -0.283. The number of nitrogens with two attached hydrogens (primary N) is 1. The Balaban J connectivity index is 3.92. The number of carbonyl (C=O) groups excluding carboxylic acids is 1. The molecule has 0 bridgehead atoms. The second kappa shape index (κ2) is 5.19. The molecule has 1 unspecified atom stereocenters. The molecule has 0 aromatic rings. The van der Waals surface area contributed by atoms with Gasteiger partial charge in [-0.05, 0) is 40.8 Å². The Labute approximate surface area is 80.3 Å². The molecule has 0 aliphatic rings. The van der Waals surface area contributed by atoms with Gasteiger partial charge in [0.1, 0.15) is 0 Å². The first-order chi connectivity index (χ1) is 5.93. The fourth-order valence-electron chi connectivity index (χ4n) is 1.06. The summed E-state index contributed by atoms with van der Waals surface area (Å²) in [6.07, 6.45) is 1.68. The van der Waals surface area contributed by atoms with Gasteiger partial charge < -0.3 is 16.4 Å². The van der Waals surface area contributed by atoms with E-state index in [-0.39, 0.29) is 17.5 Å². The van der Waals surface area contributed by atoms with Gasteiger partial charge >= 0.3 is 0 Å². The molecule has 0 aromatic heterocycles. The molecule has 78 valence electrons. The lowest BCUT2D eigenvalue weighted by Gasteiger charge is -2.25. The van der Waals surface area contributed by atoms with Crippen molar-refractivity contribution >= 4 is 5.91 Å². The van der Waals surface area contributed by atoms with Crippen molar-refractivity contribution in [1.29, 1.82) is 0 Å². The molecule has 0 fully saturated rings. The molecule has 0 aromatic carbocycles. The third kappa shape index (κ3) is 4.85. The average Bonchev–Trinajstić information content (AvgIpc) is 2.05. The summed E-state index contributed by atoms with van der Waals surface area (Å²) in [6, 6.07) is -0.215. The van der Waals surface area contributed by atoms with E-state index in [0.29, 0.717) is 0 Å². The van der Waals surface area contributed by atoms with E-state index in [4.69, 9.17) is 5.73 Å². The molecule has 0 aliphatic carbocycles. The average molecular weight is 187 g/mol. The summed E-state index contributed by atoms with van der Waals surface area (Å²) in [5.41, 5.74) is 5.26. The lowest BCUT2D eigenvalue weighted by atomic mass is 9.95.